The van der Waals surface area contributed by atoms with E-state index in [1.54, 1.807) is 52.0 Å². The van der Waals surface area contributed by atoms with Crippen molar-refractivity contribution in [3.05, 3.63) is 29.8 Å². The van der Waals surface area contributed by atoms with Crippen LogP contribution in [0, 0.1) is 16.7 Å². The van der Waals surface area contributed by atoms with Crippen LogP contribution in [0.15, 0.2) is 24.3 Å². The Hall–Kier alpha value is -2.79. The predicted molar refractivity (Wildman–Crippen MR) is 145 cm³/mol. The van der Waals surface area contributed by atoms with Gasteiger partial charge in [-0.1, -0.05) is 26.0 Å². The molecule has 0 aliphatic heterocycles. The van der Waals surface area contributed by atoms with Gasteiger partial charge in [-0.15, -0.1) is 0 Å². The Balaban J connectivity index is 1.75. The average molecular weight is 565 g/mol. The third kappa shape index (κ3) is 7.25. The quantitative estimate of drug-likeness (QED) is 0.308. The minimum atomic E-state index is -4.05. The SMILES string of the molecule is CCOC(=O)CC(=O)Nc1ccc(C[C@H](NS(=O)(=O)C[C@]23CCC(CC2=O)C3(C)C)C(=O)OC(C)(C)C)cc1. The van der Waals surface area contributed by atoms with Crippen LogP contribution in [0.4, 0.5) is 5.69 Å². The lowest BCUT2D eigenvalue weighted by atomic mass is 9.70. The molecule has 1 aromatic rings. The predicted octanol–water partition coefficient (Wildman–Crippen LogP) is 3.15. The molecule has 3 rings (SSSR count). The Morgan fingerprint density at radius 3 is 2.28 bits per heavy atom. The van der Waals surface area contributed by atoms with Crippen molar-refractivity contribution >= 4 is 39.3 Å². The van der Waals surface area contributed by atoms with Crippen molar-refractivity contribution in [3.8, 4) is 0 Å². The van der Waals surface area contributed by atoms with Crippen LogP contribution in [0.25, 0.3) is 0 Å². The fraction of sp³-hybridized carbons (Fsp3) is 0.643. The molecule has 2 bridgehead atoms. The molecule has 2 fully saturated rings. The van der Waals surface area contributed by atoms with E-state index in [1.165, 1.54) is 0 Å². The average Bonchev–Trinajstić information content (AvgIpc) is 3.12. The monoisotopic (exact) mass is 564 g/mol. The van der Waals surface area contributed by atoms with Crippen molar-refractivity contribution in [1.82, 2.24) is 4.72 Å². The number of Topliss-reactive ketones (excluding diaryl/α,β-unsaturated/α-hetero) is 1. The summed E-state index contributed by atoms with van der Waals surface area (Å²) in [4.78, 5) is 49.5. The zero-order valence-corrected chi connectivity index (χ0v) is 24.4. The molecule has 39 heavy (non-hydrogen) atoms. The Labute approximate surface area is 230 Å². The Morgan fingerprint density at radius 2 is 1.77 bits per heavy atom. The molecule has 2 aliphatic carbocycles. The molecule has 1 unspecified atom stereocenters. The van der Waals surface area contributed by atoms with Crippen molar-refractivity contribution in [2.45, 2.75) is 85.3 Å². The molecule has 0 heterocycles. The van der Waals surface area contributed by atoms with Crippen LogP contribution in [0.1, 0.15) is 72.8 Å². The fourth-order valence-corrected chi connectivity index (χ4v) is 7.77. The highest BCUT2D eigenvalue weighted by Gasteiger charge is 2.65. The number of hydrogen-bond donors (Lipinski definition) is 2. The van der Waals surface area contributed by atoms with E-state index < -0.39 is 56.8 Å². The maximum Gasteiger partial charge on any atom is 0.325 e. The van der Waals surface area contributed by atoms with Gasteiger partial charge < -0.3 is 14.8 Å². The first-order valence-corrected chi connectivity index (χ1v) is 14.9. The number of rotatable bonds is 11. The number of fused-ring (bicyclic) bond motifs is 2. The van der Waals surface area contributed by atoms with Crippen molar-refractivity contribution in [3.63, 3.8) is 0 Å². The van der Waals surface area contributed by atoms with Crippen LogP contribution in [-0.2, 0) is 45.1 Å². The van der Waals surface area contributed by atoms with Crippen LogP contribution < -0.4 is 10.0 Å². The van der Waals surface area contributed by atoms with Crippen LogP contribution >= 0.6 is 0 Å². The smallest absolute Gasteiger partial charge is 0.325 e. The van der Waals surface area contributed by atoms with Gasteiger partial charge in [-0.3, -0.25) is 19.2 Å². The second-order valence-electron chi connectivity index (χ2n) is 12.1. The third-order valence-corrected chi connectivity index (χ3v) is 9.39. The van der Waals surface area contributed by atoms with Gasteiger partial charge in [0.1, 0.15) is 23.8 Å². The number of anilines is 1. The first-order chi connectivity index (χ1) is 18.0. The van der Waals surface area contributed by atoms with Gasteiger partial charge >= 0.3 is 11.9 Å². The molecule has 1 aromatic carbocycles. The molecular formula is C28H40N2O8S. The van der Waals surface area contributed by atoms with Crippen molar-refractivity contribution in [2.75, 3.05) is 17.7 Å². The van der Waals surface area contributed by atoms with Gasteiger partial charge in [0.05, 0.1) is 12.4 Å². The highest BCUT2D eigenvalue weighted by atomic mass is 32.2. The van der Waals surface area contributed by atoms with E-state index >= 15 is 0 Å². The molecule has 10 nitrogen and oxygen atoms in total. The van der Waals surface area contributed by atoms with Gasteiger partial charge in [-0.25, -0.2) is 13.1 Å². The molecule has 11 heteroatoms. The van der Waals surface area contributed by atoms with Gasteiger partial charge in [-0.2, -0.15) is 0 Å². The van der Waals surface area contributed by atoms with Gasteiger partial charge in [0.15, 0.2) is 0 Å². The molecule has 2 saturated carbocycles. The number of carbonyl (C=O) groups excluding carboxylic acids is 4. The summed E-state index contributed by atoms with van der Waals surface area (Å²) in [6.45, 7) is 10.8. The van der Waals surface area contributed by atoms with E-state index in [2.05, 4.69) is 10.0 Å². The maximum absolute atomic E-state index is 13.4. The molecule has 1 amide bonds. The standard InChI is InChI=1S/C28H40N2O8S/c1-7-37-24(33)16-23(32)29-20-10-8-18(9-11-20)14-21(25(34)38-26(2,3)4)30-39(35,36)17-28-13-12-19(15-22(28)31)27(28,5)6/h8-11,19,21,30H,7,12-17H2,1-6H3,(H,29,32)/t19?,21-,28+/m0/s1. The summed E-state index contributed by atoms with van der Waals surface area (Å²) >= 11 is 0. The molecule has 0 spiro atoms. The van der Waals surface area contributed by atoms with Gasteiger partial charge in [-0.05, 0) is 76.0 Å². The Kier molecular flexibility index (Phi) is 8.96. The molecule has 216 valence electrons. The summed E-state index contributed by atoms with van der Waals surface area (Å²) in [6, 6.07) is 5.27. The molecular weight excluding hydrogens is 524 g/mol. The third-order valence-electron chi connectivity index (χ3n) is 7.88. The van der Waals surface area contributed by atoms with Gasteiger partial charge in [0.25, 0.3) is 0 Å². The summed E-state index contributed by atoms with van der Waals surface area (Å²) < 4.78 is 39.7. The first kappa shape index (κ1) is 30.7. The normalized spacial score (nSPS) is 22.8. The molecule has 0 aromatic heterocycles. The number of amides is 1. The van der Waals surface area contributed by atoms with Crippen molar-refractivity contribution in [1.29, 1.82) is 0 Å². The summed E-state index contributed by atoms with van der Waals surface area (Å²) in [7, 11) is -4.05. The van der Waals surface area contributed by atoms with E-state index in [1.807, 2.05) is 13.8 Å². The van der Waals surface area contributed by atoms with E-state index in [0.29, 0.717) is 24.1 Å². The molecule has 2 N–H and O–H groups in total. The number of ether oxygens (including phenoxy) is 2. The topological polar surface area (TPSA) is 145 Å². The molecule has 2 aliphatic rings. The zero-order valence-electron chi connectivity index (χ0n) is 23.6. The Bertz CT molecular complexity index is 1220. The molecule has 3 atom stereocenters. The maximum atomic E-state index is 13.4. The second kappa shape index (κ2) is 11.4. The summed E-state index contributed by atoms with van der Waals surface area (Å²) in [5.74, 6) is -2.11. The van der Waals surface area contributed by atoms with E-state index in [-0.39, 0.29) is 30.5 Å². The minimum Gasteiger partial charge on any atom is -0.466 e. The Morgan fingerprint density at radius 1 is 1.13 bits per heavy atom. The zero-order chi connectivity index (χ0) is 29.2. The summed E-state index contributed by atoms with van der Waals surface area (Å²) in [6.07, 6.45) is 1.30. The van der Waals surface area contributed by atoms with E-state index in [0.717, 1.165) is 6.42 Å². The van der Waals surface area contributed by atoms with Crippen LogP contribution in [0.3, 0.4) is 0 Å². The molecule has 0 radical (unpaired) electrons. The largest absolute Gasteiger partial charge is 0.466 e. The van der Waals surface area contributed by atoms with E-state index in [9.17, 15) is 27.6 Å². The minimum absolute atomic E-state index is 0.00183. The number of ketones is 1. The molecule has 0 saturated heterocycles. The number of esters is 2. The lowest BCUT2D eigenvalue weighted by Gasteiger charge is -2.36. The number of carbonyl (C=O) groups is 4. The van der Waals surface area contributed by atoms with Crippen LogP contribution in [0.2, 0.25) is 0 Å². The fourth-order valence-electron chi connectivity index (χ4n) is 5.75. The highest BCUT2D eigenvalue weighted by Crippen LogP contribution is 2.64. The lowest BCUT2D eigenvalue weighted by Crippen LogP contribution is -2.50. The summed E-state index contributed by atoms with van der Waals surface area (Å²) in [5, 5.41) is 2.60. The number of hydrogen-bond acceptors (Lipinski definition) is 8. The highest BCUT2D eigenvalue weighted by molar-refractivity contribution is 7.89. The van der Waals surface area contributed by atoms with Crippen LogP contribution in [0.5, 0.6) is 0 Å². The van der Waals surface area contributed by atoms with Gasteiger partial charge in [0.2, 0.25) is 15.9 Å². The van der Waals surface area contributed by atoms with Crippen LogP contribution in [-0.4, -0.2) is 56.0 Å². The lowest BCUT2D eigenvalue weighted by molar-refractivity contribution is -0.157. The van der Waals surface area contributed by atoms with Crippen molar-refractivity contribution < 1.29 is 37.1 Å². The van der Waals surface area contributed by atoms with E-state index in [4.69, 9.17) is 9.47 Å². The van der Waals surface area contributed by atoms with Gasteiger partial charge in [0, 0.05) is 17.5 Å². The number of sulfonamides is 1. The number of nitrogens with one attached hydrogen (secondary N) is 2. The first-order valence-electron chi connectivity index (χ1n) is 13.3. The number of benzene rings is 1. The summed E-state index contributed by atoms with van der Waals surface area (Å²) in [5.41, 5.74) is -1.19. The second-order valence-corrected chi connectivity index (χ2v) is 13.8. The van der Waals surface area contributed by atoms with Crippen molar-refractivity contribution in [2.24, 2.45) is 16.7 Å².